The van der Waals surface area contributed by atoms with Crippen LogP contribution in [0.5, 0.6) is 5.75 Å². The van der Waals surface area contributed by atoms with Gasteiger partial charge in [-0.2, -0.15) is 5.26 Å². The average Bonchev–Trinajstić information content (AvgIpc) is 2.91. The number of aromatic amines is 1. The van der Waals surface area contributed by atoms with Crippen molar-refractivity contribution in [1.29, 1.82) is 5.26 Å². The Morgan fingerprint density at radius 1 is 1.25 bits per heavy atom. The van der Waals surface area contributed by atoms with E-state index in [1.807, 2.05) is 37.4 Å². The number of hydrogen-bond donors (Lipinski definition) is 1. The van der Waals surface area contributed by atoms with Crippen LogP contribution in [0.1, 0.15) is 11.3 Å². The zero-order chi connectivity index (χ0) is 14.1. The maximum absolute atomic E-state index is 9.13. The van der Waals surface area contributed by atoms with Gasteiger partial charge in [0.25, 0.3) is 0 Å². The van der Waals surface area contributed by atoms with Crippen LogP contribution in [0.4, 0.5) is 0 Å². The Balaban J connectivity index is 2.21. The lowest BCUT2D eigenvalue weighted by atomic mass is 10.1. The maximum Gasteiger partial charge on any atom is 0.140 e. The van der Waals surface area contributed by atoms with E-state index >= 15 is 0 Å². The van der Waals surface area contributed by atoms with Crippen LogP contribution in [0.3, 0.4) is 0 Å². The number of aromatic nitrogens is 2. The van der Waals surface area contributed by atoms with Gasteiger partial charge in [-0.25, -0.2) is 4.98 Å². The molecular formula is C16H13N3O. The molecule has 2 aromatic heterocycles. The minimum atomic E-state index is 0.638. The van der Waals surface area contributed by atoms with Crippen molar-refractivity contribution >= 4 is 10.9 Å². The van der Waals surface area contributed by atoms with E-state index in [0.717, 1.165) is 33.6 Å². The van der Waals surface area contributed by atoms with Crippen LogP contribution in [-0.4, -0.2) is 17.1 Å². The number of H-pyrrole nitrogens is 1. The second-order valence-corrected chi connectivity index (χ2v) is 4.53. The minimum Gasteiger partial charge on any atom is -0.495 e. The number of ether oxygens (including phenoxy) is 1. The first-order valence-corrected chi connectivity index (χ1v) is 6.27. The van der Waals surface area contributed by atoms with Crippen LogP contribution in [0, 0.1) is 18.3 Å². The Morgan fingerprint density at radius 2 is 2.10 bits per heavy atom. The highest BCUT2D eigenvalue weighted by Gasteiger charge is 2.11. The molecule has 3 rings (SSSR count). The summed E-state index contributed by atoms with van der Waals surface area (Å²) in [5, 5.41) is 10.1. The molecule has 0 aliphatic rings. The van der Waals surface area contributed by atoms with Crippen LogP contribution < -0.4 is 4.74 Å². The number of methoxy groups -OCH3 is 1. The first kappa shape index (κ1) is 12.2. The highest BCUT2D eigenvalue weighted by atomic mass is 16.5. The molecule has 0 radical (unpaired) electrons. The van der Waals surface area contributed by atoms with Crippen molar-refractivity contribution in [2.24, 2.45) is 0 Å². The van der Waals surface area contributed by atoms with E-state index in [-0.39, 0.29) is 0 Å². The smallest absolute Gasteiger partial charge is 0.140 e. The zero-order valence-electron chi connectivity index (χ0n) is 11.3. The van der Waals surface area contributed by atoms with E-state index in [4.69, 9.17) is 10.00 Å². The highest BCUT2D eigenvalue weighted by molar-refractivity contribution is 5.97. The number of benzene rings is 1. The molecular weight excluding hydrogens is 250 g/mol. The molecule has 4 heteroatoms. The topological polar surface area (TPSA) is 61.7 Å². The highest BCUT2D eigenvalue weighted by Crippen LogP contribution is 2.30. The van der Waals surface area contributed by atoms with Gasteiger partial charge in [0.1, 0.15) is 11.8 Å². The number of hydrogen-bond acceptors (Lipinski definition) is 3. The van der Waals surface area contributed by atoms with Crippen molar-refractivity contribution < 1.29 is 4.74 Å². The van der Waals surface area contributed by atoms with Gasteiger partial charge in [-0.15, -0.1) is 0 Å². The largest absolute Gasteiger partial charge is 0.495 e. The van der Waals surface area contributed by atoms with Gasteiger partial charge in [0, 0.05) is 17.1 Å². The van der Waals surface area contributed by atoms with E-state index in [0.29, 0.717) is 5.56 Å². The molecule has 3 aromatic rings. The molecule has 4 nitrogen and oxygen atoms in total. The van der Waals surface area contributed by atoms with Crippen LogP contribution in [-0.2, 0) is 0 Å². The van der Waals surface area contributed by atoms with Crippen molar-refractivity contribution in [2.45, 2.75) is 6.92 Å². The number of fused-ring (bicyclic) bond motifs is 1. The molecule has 0 unspecified atom stereocenters. The summed E-state index contributed by atoms with van der Waals surface area (Å²) in [4.78, 5) is 7.72. The Bertz CT molecular complexity index is 827. The quantitative estimate of drug-likeness (QED) is 0.770. The Morgan fingerprint density at radius 3 is 2.80 bits per heavy atom. The average molecular weight is 263 g/mol. The van der Waals surface area contributed by atoms with Crippen molar-refractivity contribution in [2.75, 3.05) is 7.11 Å². The summed E-state index contributed by atoms with van der Waals surface area (Å²) in [7, 11) is 1.63. The van der Waals surface area contributed by atoms with Crippen molar-refractivity contribution in [1.82, 2.24) is 9.97 Å². The first-order valence-electron chi connectivity index (χ1n) is 6.27. The van der Waals surface area contributed by atoms with Crippen LogP contribution in [0.25, 0.3) is 22.2 Å². The first-order chi connectivity index (χ1) is 9.74. The lowest BCUT2D eigenvalue weighted by molar-refractivity contribution is 0.409. The molecule has 0 aliphatic heterocycles. The lowest BCUT2D eigenvalue weighted by Gasteiger charge is -2.06. The minimum absolute atomic E-state index is 0.638. The summed E-state index contributed by atoms with van der Waals surface area (Å²) < 4.78 is 5.23. The number of rotatable bonds is 2. The molecule has 1 aromatic carbocycles. The molecule has 2 heterocycles. The van der Waals surface area contributed by atoms with Gasteiger partial charge >= 0.3 is 0 Å². The Kier molecular flexibility index (Phi) is 2.88. The fraction of sp³-hybridized carbons (Fsp3) is 0.125. The van der Waals surface area contributed by atoms with Gasteiger partial charge in [-0.05, 0) is 25.1 Å². The number of aryl methyl sites for hydroxylation is 1. The summed E-state index contributed by atoms with van der Waals surface area (Å²) in [6.45, 7) is 1.91. The normalized spacial score (nSPS) is 10.4. The van der Waals surface area contributed by atoms with Gasteiger partial charge < -0.3 is 9.72 Å². The molecule has 0 amide bonds. The molecule has 0 fully saturated rings. The molecule has 98 valence electrons. The fourth-order valence-electron chi connectivity index (χ4n) is 2.37. The summed E-state index contributed by atoms with van der Waals surface area (Å²) in [5.41, 5.74) is 4.18. The second kappa shape index (κ2) is 4.71. The lowest BCUT2D eigenvalue weighted by Crippen LogP contribution is -1.92. The molecule has 0 saturated carbocycles. The van der Waals surface area contributed by atoms with E-state index in [1.165, 1.54) is 0 Å². The van der Waals surface area contributed by atoms with E-state index in [9.17, 15) is 0 Å². The number of nitriles is 1. The summed E-state index contributed by atoms with van der Waals surface area (Å²) in [6, 6.07) is 11.7. The van der Waals surface area contributed by atoms with Gasteiger partial charge in [0.15, 0.2) is 0 Å². The molecule has 0 aliphatic carbocycles. The van der Waals surface area contributed by atoms with Crippen molar-refractivity contribution in [3.05, 3.63) is 47.8 Å². The Labute approximate surface area is 116 Å². The van der Waals surface area contributed by atoms with E-state index in [1.54, 1.807) is 13.2 Å². The molecule has 0 atom stereocenters. The summed E-state index contributed by atoms with van der Waals surface area (Å²) in [6.07, 6.45) is 1.89. The monoisotopic (exact) mass is 263 g/mol. The summed E-state index contributed by atoms with van der Waals surface area (Å²) >= 11 is 0. The number of nitrogens with zero attached hydrogens (tertiary/aromatic N) is 2. The van der Waals surface area contributed by atoms with Crippen molar-refractivity contribution in [3.63, 3.8) is 0 Å². The third-order valence-corrected chi connectivity index (χ3v) is 3.37. The van der Waals surface area contributed by atoms with Gasteiger partial charge in [0.05, 0.1) is 29.6 Å². The van der Waals surface area contributed by atoms with E-state index < -0.39 is 0 Å². The van der Waals surface area contributed by atoms with Crippen LogP contribution in [0.15, 0.2) is 36.5 Å². The van der Waals surface area contributed by atoms with Crippen molar-refractivity contribution in [3.8, 4) is 23.1 Å². The van der Waals surface area contributed by atoms with Crippen LogP contribution in [0.2, 0.25) is 0 Å². The zero-order valence-corrected chi connectivity index (χ0v) is 11.3. The third-order valence-electron chi connectivity index (χ3n) is 3.37. The second-order valence-electron chi connectivity index (χ2n) is 4.53. The molecule has 20 heavy (non-hydrogen) atoms. The molecule has 1 N–H and O–H groups in total. The molecule has 0 spiro atoms. The van der Waals surface area contributed by atoms with E-state index in [2.05, 4.69) is 16.0 Å². The number of para-hydroxylation sites is 1. The third kappa shape index (κ3) is 1.81. The summed E-state index contributed by atoms with van der Waals surface area (Å²) in [5.74, 6) is 0.770. The van der Waals surface area contributed by atoms with Gasteiger partial charge in [0.2, 0.25) is 0 Å². The SMILES string of the molecule is COc1ccc(-c2c[nH]c3c(C#N)cccc23)nc1C. The Hall–Kier alpha value is -2.80. The van der Waals surface area contributed by atoms with Gasteiger partial charge in [-0.1, -0.05) is 12.1 Å². The number of pyridine rings is 1. The van der Waals surface area contributed by atoms with Crippen LogP contribution >= 0.6 is 0 Å². The van der Waals surface area contributed by atoms with Gasteiger partial charge in [-0.3, -0.25) is 0 Å². The predicted octanol–water partition coefficient (Wildman–Crippen LogP) is 3.42. The number of nitrogens with one attached hydrogen (secondary N) is 1. The molecule has 0 bridgehead atoms. The fourth-order valence-corrected chi connectivity index (χ4v) is 2.37. The molecule has 0 saturated heterocycles. The standard InChI is InChI=1S/C16H13N3O/c1-10-15(20-2)7-6-14(19-10)13-9-18-16-11(8-17)4-3-5-12(13)16/h3-7,9,18H,1-2H3. The predicted molar refractivity (Wildman–Crippen MR) is 77.5 cm³/mol. The maximum atomic E-state index is 9.13.